The Labute approximate surface area is 114 Å². The lowest BCUT2D eigenvalue weighted by molar-refractivity contribution is 0.112. The molecule has 1 N–H and O–H groups in total. The minimum Gasteiger partial charge on any atom is -0.453 e. The van der Waals surface area contributed by atoms with Crippen LogP contribution in [0.3, 0.4) is 0 Å². The van der Waals surface area contributed by atoms with Crippen LogP contribution in [0.5, 0.6) is 0 Å². The lowest BCUT2D eigenvalue weighted by atomic mass is 10.2. The number of hydrogen-bond acceptors (Lipinski definition) is 4. The first-order chi connectivity index (χ1) is 9.55. The van der Waals surface area contributed by atoms with Crippen molar-refractivity contribution in [3.05, 3.63) is 29.3 Å². The molecule has 1 aliphatic heterocycles. The lowest BCUT2D eigenvalue weighted by Crippen LogP contribution is -2.37. The summed E-state index contributed by atoms with van der Waals surface area (Å²) in [6.07, 6.45) is 0.374. The van der Waals surface area contributed by atoms with Crippen molar-refractivity contribution in [2.24, 2.45) is 0 Å². The van der Waals surface area contributed by atoms with Crippen LogP contribution in [0.1, 0.15) is 16.8 Å². The van der Waals surface area contributed by atoms with Gasteiger partial charge < -0.3 is 15.0 Å². The normalized spacial score (nSPS) is 17.9. The number of nitrogens with one attached hydrogen (secondary N) is 1. The van der Waals surface area contributed by atoms with Crippen LogP contribution < -0.4 is 10.2 Å². The highest BCUT2D eigenvalue weighted by Crippen LogP contribution is 2.27. The van der Waals surface area contributed by atoms with Crippen molar-refractivity contribution in [3.63, 3.8) is 0 Å². The van der Waals surface area contributed by atoms with Gasteiger partial charge in [0.05, 0.1) is 13.2 Å². The number of nitrogens with zero attached hydrogens (tertiary/aromatic N) is 1. The van der Waals surface area contributed by atoms with Gasteiger partial charge in [-0.25, -0.2) is 13.6 Å². The molecule has 1 aromatic rings. The highest BCUT2D eigenvalue weighted by molar-refractivity contribution is 5.76. The first-order valence-corrected chi connectivity index (χ1v) is 6.08. The Hall–Kier alpha value is -2.18. The number of hydrogen-bond donors (Lipinski definition) is 1. The van der Waals surface area contributed by atoms with Gasteiger partial charge in [-0.3, -0.25) is 4.79 Å². The van der Waals surface area contributed by atoms with Crippen molar-refractivity contribution < 1.29 is 23.1 Å². The monoisotopic (exact) mass is 284 g/mol. The number of anilines is 1. The molecule has 1 aromatic carbocycles. The van der Waals surface area contributed by atoms with Gasteiger partial charge in [0.2, 0.25) is 0 Å². The van der Waals surface area contributed by atoms with Crippen molar-refractivity contribution in [2.75, 3.05) is 25.1 Å². The summed E-state index contributed by atoms with van der Waals surface area (Å²) in [6, 6.07) is 1.76. The number of carbonyl (C=O) groups is 2. The van der Waals surface area contributed by atoms with E-state index in [2.05, 4.69) is 10.1 Å². The van der Waals surface area contributed by atoms with E-state index in [9.17, 15) is 18.4 Å². The second-order valence-corrected chi connectivity index (χ2v) is 4.52. The summed E-state index contributed by atoms with van der Waals surface area (Å²) in [7, 11) is 1.25. The fourth-order valence-electron chi connectivity index (χ4n) is 2.26. The summed E-state index contributed by atoms with van der Waals surface area (Å²) in [5, 5.41) is 2.59. The summed E-state index contributed by atoms with van der Waals surface area (Å²) in [5.41, 5.74) is -0.225. The average Bonchev–Trinajstić information content (AvgIpc) is 2.85. The average molecular weight is 284 g/mol. The van der Waals surface area contributed by atoms with Gasteiger partial charge in [0.25, 0.3) is 0 Å². The third kappa shape index (κ3) is 2.87. The molecule has 20 heavy (non-hydrogen) atoms. The third-order valence-corrected chi connectivity index (χ3v) is 3.19. The van der Waals surface area contributed by atoms with Crippen molar-refractivity contribution in [1.29, 1.82) is 0 Å². The molecule has 1 saturated heterocycles. The van der Waals surface area contributed by atoms with E-state index in [0.717, 1.165) is 12.1 Å². The largest absolute Gasteiger partial charge is 0.453 e. The van der Waals surface area contributed by atoms with E-state index >= 15 is 0 Å². The molecular formula is C13H14F2N2O3. The van der Waals surface area contributed by atoms with E-state index in [1.165, 1.54) is 12.0 Å². The molecule has 0 radical (unpaired) electrons. The number of aldehydes is 1. The Morgan fingerprint density at radius 1 is 1.45 bits per heavy atom. The van der Waals surface area contributed by atoms with Gasteiger partial charge in [0.1, 0.15) is 23.6 Å². The highest BCUT2D eigenvalue weighted by Gasteiger charge is 2.28. The quantitative estimate of drug-likeness (QED) is 0.858. The predicted octanol–water partition coefficient (Wildman–Crippen LogP) is 1.71. The zero-order chi connectivity index (χ0) is 14.7. The van der Waals surface area contributed by atoms with Gasteiger partial charge in [-0.2, -0.15) is 0 Å². The van der Waals surface area contributed by atoms with Gasteiger partial charge >= 0.3 is 6.09 Å². The molecule has 1 aliphatic rings. The second-order valence-electron chi connectivity index (χ2n) is 4.52. The second kappa shape index (κ2) is 5.85. The Morgan fingerprint density at radius 2 is 2.10 bits per heavy atom. The van der Waals surface area contributed by atoms with Gasteiger partial charge in [-0.05, 0) is 18.6 Å². The van der Waals surface area contributed by atoms with Crippen LogP contribution in [0.4, 0.5) is 19.3 Å². The van der Waals surface area contributed by atoms with Gasteiger partial charge in [-0.15, -0.1) is 0 Å². The smallest absolute Gasteiger partial charge is 0.407 e. The van der Waals surface area contributed by atoms with E-state index in [1.807, 2.05) is 0 Å². The predicted molar refractivity (Wildman–Crippen MR) is 67.9 cm³/mol. The van der Waals surface area contributed by atoms with Gasteiger partial charge in [0.15, 0.2) is 0 Å². The molecule has 1 heterocycles. The van der Waals surface area contributed by atoms with Gasteiger partial charge in [0, 0.05) is 18.7 Å². The topological polar surface area (TPSA) is 58.6 Å². The molecule has 1 unspecified atom stereocenters. The number of alkyl carbamates (subject to hydrolysis) is 1. The maximum absolute atomic E-state index is 13.9. The zero-order valence-electron chi connectivity index (χ0n) is 10.9. The molecule has 1 fully saturated rings. The Balaban J connectivity index is 2.14. The molecule has 0 aromatic heterocycles. The summed E-state index contributed by atoms with van der Waals surface area (Å²) >= 11 is 0. The van der Waals surface area contributed by atoms with Crippen LogP contribution in [-0.2, 0) is 4.74 Å². The Bertz CT molecular complexity index is 513. The van der Waals surface area contributed by atoms with Crippen molar-refractivity contribution in [2.45, 2.75) is 12.5 Å². The number of halogens is 2. The third-order valence-electron chi connectivity index (χ3n) is 3.19. The molecule has 108 valence electrons. The standard InChI is InChI=1S/C13H14F2N2O3/c1-20-13(19)16-9-2-3-17(6-9)12-10(14)4-8(7-18)5-11(12)15/h4-5,7,9H,2-3,6H2,1H3,(H,16,19). The van der Waals surface area contributed by atoms with E-state index in [1.54, 1.807) is 0 Å². The summed E-state index contributed by atoms with van der Waals surface area (Å²) in [5.74, 6) is -1.57. The molecular weight excluding hydrogens is 270 g/mol. The first-order valence-electron chi connectivity index (χ1n) is 6.08. The van der Waals surface area contributed by atoms with Crippen LogP contribution in [0.2, 0.25) is 0 Å². The summed E-state index contributed by atoms with van der Waals surface area (Å²) in [4.78, 5) is 23.1. The number of carbonyl (C=O) groups excluding carboxylic acids is 2. The van der Waals surface area contributed by atoms with E-state index in [0.29, 0.717) is 19.3 Å². The molecule has 1 amide bonds. The molecule has 1 atom stereocenters. The Kier molecular flexibility index (Phi) is 4.16. The molecule has 5 nitrogen and oxygen atoms in total. The highest BCUT2D eigenvalue weighted by atomic mass is 19.1. The van der Waals surface area contributed by atoms with E-state index < -0.39 is 17.7 Å². The maximum Gasteiger partial charge on any atom is 0.407 e. The maximum atomic E-state index is 13.9. The minimum absolute atomic E-state index is 0.0489. The van der Waals surface area contributed by atoms with Crippen molar-refractivity contribution >= 4 is 18.1 Å². The molecule has 7 heteroatoms. The van der Waals surface area contributed by atoms with Crippen LogP contribution in [0.15, 0.2) is 12.1 Å². The number of methoxy groups -OCH3 is 1. The van der Waals surface area contributed by atoms with Gasteiger partial charge in [-0.1, -0.05) is 0 Å². The van der Waals surface area contributed by atoms with Crippen LogP contribution >= 0.6 is 0 Å². The number of ether oxygens (including phenoxy) is 1. The van der Waals surface area contributed by atoms with Crippen molar-refractivity contribution in [3.8, 4) is 0 Å². The fraction of sp³-hybridized carbons (Fsp3) is 0.385. The van der Waals surface area contributed by atoms with Crippen LogP contribution in [-0.4, -0.2) is 38.6 Å². The number of benzene rings is 1. The van der Waals surface area contributed by atoms with Crippen LogP contribution in [0, 0.1) is 11.6 Å². The first kappa shape index (κ1) is 14.2. The molecule has 0 bridgehead atoms. The number of rotatable bonds is 3. The van der Waals surface area contributed by atoms with E-state index in [4.69, 9.17) is 0 Å². The molecule has 0 saturated carbocycles. The molecule has 0 spiro atoms. The van der Waals surface area contributed by atoms with Crippen LogP contribution in [0.25, 0.3) is 0 Å². The molecule has 0 aliphatic carbocycles. The minimum atomic E-state index is -0.786. The molecule has 2 rings (SSSR count). The summed E-state index contributed by atoms with van der Waals surface area (Å²) < 4.78 is 32.2. The van der Waals surface area contributed by atoms with Crippen molar-refractivity contribution in [1.82, 2.24) is 5.32 Å². The Morgan fingerprint density at radius 3 is 2.65 bits per heavy atom. The summed E-state index contributed by atoms with van der Waals surface area (Å²) in [6.45, 7) is 0.687. The van der Waals surface area contributed by atoms with E-state index in [-0.39, 0.29) is 23.8 Å². The lowest BCUT2D eigenvalue weighted by Gasteiger charge is -2.20. The number of amides is 1. The SMILES string of the molecule is COC(=O)NC1CCN(c2c(F)cc(C=O)cc2F)C1. The zero-order valence-corrected chi connectivity index (χ0v) is 10.9. The fourth-order valence-corrected chi connectivity index (χ4v) is 2.26.